The molecule has 1 aromatic heterocycles. The number of aromatic nitrogens is 2. The lowest BCUT2D eigenvalue weighted by Crippen LogP contribution is -2.28. The molecular weight excluding hydrogens is 358 g/mol. The fourth-order valence-electron chi connectivity index (χ4n) is 2.52. The van der Waals surface area contributed by atoms with Gasteiger partial charge in [-0.1, -0.05) is 24.3 Å². The SMILES string of the molecule is COC(=O)Nc1ccc(NC(=O)NCc2ccc(Cn3ccnc3)cc2)cc1. The summed E-state index contributed by atoms with van der Waals surface area (Å²) < 4.78 is 6.52. The predicted octanol–water partition coefficient (Wildman–Crippen LogP) is 3.43. The smallest absolute Gasteiger partial charge is 0.411 e. The van der Waals surface area contributed by atoms with Crippen molar-refractivity contribution in [3.05, 3.63) is 78.4 Å². The van der Waals surface area contributed by atoms with E-state index in [0.29, 0.717) is 17.9 Å². The first-order chi connectivity index (χ1) is 13.6. The topological polar surface area (TPSA) is 97.3 Å². The molecule has 0 aliphatic carbocycles. The molecule has 3 rings (SSSR count). The van der Waals surface area contributed by atoms with E-state index >= 15 is 0 Å². The lowest BCUT2D eigenvalue weighted by molar-refractivity contribution is 0.187. The average Bonchev–Trinajstić information content (AvgIpc) is 3.22. The number of imidazole rings is 1. The molecule has 0 fully saturated rings. The minimum atomic E-state index is -0.547. The predicted molar refractivity (Wildman–Crippen MR) is 106 cm³/mol. The van der Waals surface area contributed by atoms with Gasteiger partial charge in [0.1, 0.15) is 0 Å². The van der Waals surface area contributed by atoms with Gasteiger partial charge in [0, 0.05) is 36.9 Å². The minimum absolute atomic E-state index is 0.309. The third kappa shape index (κ3) is 5.60. The van der Waals surface area contributed by atoms with Crippen LogP contribution >= 0.6 is 0 Å². The molecule has 0 bridgehead atoms. The van der Waals surface area contributed by atoms with Gasteiger partial charge in [0.2, 0.25) is 0 Å². The number of benzene rings is 2. The molecule has 0 spiro atoms. The van der Waals surface area contributed by atoms with Crippen LogP contribution in [0.4, 0.5) is 21.0 Å². The minimum Gasteiger partial charge on any atom is -0.453 e. The first-order valence-corrected chi connectivity index (χ1v) is 8.66. The summed E-state index contributed by atoms with van der Waals surface area (Å²) in [6.45, 7) is 1.17. The molecule has 2 aromatic carbocycles. The molecule has 28 heavy (non-hydrogen) atoms. The van der Waals surface area contributed by atoms with E-state index in [2.05, 4.69) is 25.7 Å². The summed E-state index contributed by atoms with van der Waals surface area (Å²) in [5, 5.41) is 8.10. The number of carbonyl (C=O) groups is 2. The zero-order chi connectivity index (χ0) is 19.8. The molecule has 0 unspecified atom stereocenters. The molecule has 0 aliphatic heterocycles. The fraction of sp³-hybridized carbons (Fsp3) is 0.150. The van der Waals surface area contributed by atoms with Gasteiger partial charge >= 0.3 is 12.1 Å². The van der Waals surface area contributed by atoms with Crippen molar-refractivity contribution >= 4 is 23.5 Å². The second kappa shape index (κ2) is 9.22. The molecule has 8 heteroatoms. The second-order valence-corrected chi connectivity index (χ2v) is 6.05. The zero-order valence-electron chi connectivity index (χ0n) is 15.4. The van der Waals surface area contributed by atoms with Crippen LogP contribution in [0.15, 0.2) is 67.3 Å². The molecule has 0 aliphatic rings. The molecule has 0 atom stereocenters. The van der Waals surface area contributed by atoms with Crippen molar-refractivity contribution in [1.82, 2.24) is 14.9 Å². The number of nitrogens with zero attached hydrogens (tertiary/aromatic N) is 2. The van der Waals surface area contributed by atoms with Crippen LogP contribution in [0, 0.1) is 0 Å². The first kappa shape index (κ1) is 19.0. The number of amides is 3. The van der Waals surface area contributed by atoms with Crippen LogP contribution in [-0.4, -0.2) is 28.8 Å². The van der Waals surface area contributed by atoms with Crippen LogP contribution in [0.3, 0.4) is 0 Å². The molecule has 3 N–H and O–H groups in total. The quantitative estimate of drug-likeness (QED) is 0.611. The highest BCUT2D eigenvalue weighted by molar-refractivity contribution is 5.90. The molecule has 144 valence electrons. The molecule has 0 saturated carbocycles. The standard InChI is InChI=1S/C20H21N5O3/c1-28-20(27)24-18-8-6-17(7-9-18)23-19(26)22-12-15-2-4-16(5-3-15)13-25-11-10-21-14-25/h2-11,14H,12-13H2,1H3,(H,24,27)(H2,22,23,26). The summed E-state index contributed by atoms with van der Waals surface area (Å²) in [5.74, 6) is 0. The lowest BCUT2D eigenvalue weighted by atomic mass is 10.1. The summed E-state index contributed by atoms with van der Waals surface area (Å²) in [7, 11) is 1.29. The van der Waals surface area contributed by atoms with E-state index < -0.39 is 6.09 Å². The van der Waals surface area contributed by atoms with E-state index in [-0.39, 0.29) is 6.03 Å². The Kier molecular flexibility index (Phi) is 6.25. The van der Waals surface area contributed by atoms with Gasteiger partial charge in [-0.25, -0.2) is 14.6 Å². The van der Waals surface area contributed by atoms with E-state index in [1.165, 1.54) is 7.11 Å². The van der Waals surface area contributed by atoms with Crippen molar-refractivity contribution in [3.63, 3.8) is 0 Å². The Labute approximate surface area is 162 Å². The van der Waals surface area contributed by atoms with Crippen LogP contribution in [0.5, 0.6) is 0 Å². The Morgan fingerprint density at radius 3 is 2.21 bits per heavy atom. The number of ether oxygens (including phenoxy) is 1. The largest absolute Gasteiger partial charge is 0.453 e. The van der Waals surface area contributed by atoms with Gasteiger partial charge in [-0.2, -0.15) is 0 Å². The lowest BCUT2D eigenvalue weighted by Gasteiger charge is -2.09. The van der Waals surface area contributed by atoms with Crippen molar-refractivity contribution in [2.24, 2.45) is 0 Å². The summed E-state index contributed by atoms with van der Waals surface area (Å²) in [4.78, 5) is 27.2. The van der Waals surface area contributed by atoms with Gasteiger partial charge in [0.25, 0.3) is 0 Å². The van der Waals surface area contributed by atoms with E-state index in [4.69, 9.17) is 0 Å². The monoisotopic (exact) mass is 379 g/mol. The summed E-state index contributed by atoms with van der Waals surface area (Å²) in [6.07, 6.45) is 4.89. The van der Waals surface area contributed by atoms with Crippen LogP contribution in [0.25, 0.3) is 0 Å². The molecule has 8 nitrogen and oxygen atoms in total. The number of methoxy groups -OCH3 is 1. The number of hydrogen-bond acceptors (Lipinski definition) is 4. The number of hydrogen-bond donors (Lipinski definition) is 3. The maximum atomic E-state index is 12.1. The summed E-state index contributed by atoms with van der Waals surface area (Å²) in [5.41, 5.74) is 3.35. The van der Waals surface area contributed by atoms with E-state index in [1.54, 1.807) is 36.8 Å². The van der Waals surface area contributed by atoms with Gasteiger partial charge in [0.05, 0.1) is 13.4 Å². The highest BCUT2D eigenvalue weighted by Crippen LogP contribution is 2.13. The van der Waals surface area contributed by atoms with Crippen molar-refractivity contribution in [2.45, 2.75) is 13.1 Å². The van der Waals surface area contributed by atoms with Gasteiger partial charge < -0.3 is 19.9 Å². The normalized spacial score (nSPS) is 10.2. The number of carbonyl (C=O) groups excluding carboxylic acids is 2. The molecule has 0 saturated heterocycles. The van der Waals surface area contributed by atoms with Crippen LogP contribution in [0.2, 0.25) is 0 Å². The zero-order valence-corrected chi connectivity index (χ0v) is 15.4. The Balaban J connectivity index is 1.45. The first-order valence-electron chi connectivity index (χ1n) is 8.66. The Morgan fingerprint density at radius 1 is 0.964 bits per heavy atom. The van der Waals surface area contributed by atoms with Crippen molar-refractivity contribution in [1.29, 1.82) is 0 Å². The van der Waals surface area contributed by atoms with Crippen LogP contribution < -0.4 is 16.0 Å². The second-order valence-electron chi connectivity index (χ2n) is 6.05. The van der Waals surface area contributed by atoms with Gasteiger partial charge in [-0.15, -0.1) is 0 Å². The molecular formula is C20H21N5O3. The van der Waals surface area contributed by atoms with Crippen molar-refractivity contribution < 1.29 is 14.3 Å². The van der Waals surface area contributed by atoms with Gasteiger partial charge in [0.15, 0.2) is 0 Å². The number of nitrogens with one attached hydrogen (secondary N) is 3. The van der Waals surface area contributed by atoms with Crippen molar-refractivity contribution in [2.75, 3.05) is 17.7 Å². The fourth-order valence-corrected chi connectivity index (χ4v) is 2.52. The molecule has 1 heterocycles. The third-order valence-electron chi connectivity index (χ3n) is 3.97. The van der Waals surface area contributed by atoms with Crippen LogP contribution in [0.1, 0.15) is 11.1 Å². The molecule has 0 radical (unpaired) electrons. The van der Waals surface area contributed by atoms with Crippen LogP contribution in [-0.2, 0) is 17.8 Å². The summed E-state index contributed by atoms with van der Waals surface area (Å²) in [6, 6.07) is 14.4. The van der Waals surface area contributed by atoms with E-state index in [1.807, 2.05) is 35.0 Å². The Hall–Kier alpha value is -3.81. The van der Waals surface area contributed by atoms with E-state index in [9.17, 15) is 9.59 Å². The summed E-state index contributed by atoms with van der Waals surface area (Å²) >= 11 is 0. The molecule has 3 amide bonds. The average molecular weight is 379 g/mol. The number of rotatable bonds is 6. The Bertz CT molecular complexity index is 906. The van der Waals surface area contributed by atoms with Gasteiger partial charge in [-0.05, 0) is 35.4 Å². The highest BCUT2D eigenvalue weighted by Gasteiger charge is 2.04. The number of anilines is 2. The maximum absolute atomic E-state index is 12.1. The maximum Gasteiger partial charge on any atom is 0.411 e. The van der Waals surface area contributed by atoms with Gasteiger partial charge in [-0.3, -0.25) is 5.32 Å². The highest BCUT2D eigenvalue weighted by atomic mass is 16.5. The number of urea groups is 1. The molecule has 3 aromatic rings. The van der Waals surface area contributed by atoms with E-state index in [0.717, 1.165) is 17.7 Å². The van der Waals surface area contributed by atoms with Crippen molar-refractivity contribution in [3.8, 4) is 0 Å². The third-order valence-corrected chi connectivity index (χ3v) is 3.97. The Morgan fingerprint density at radius 2 is 1.61 bits per heavy atom.